The predicted molar refractivity (Wildman–Crippen MR) is 49.2 cm³/mol. The molecule has 0 aromatic heterocycles. The van der Waals surface area contributed by atoms with Crippen LogP contribution in [0.25, 0.3) is 0 Å². The first-order valence-corrected chi connectivity index (χ1v) is 4.89. The van der Waals surface area contributed by atoms with E-state index in [1.54, 1.807) is 32.4 Å². The van der Waals surface area contributed by atoms with Gasteiger partial charge in [-0.05, 0) is 12.1 Å². The Morgan fingerprint density at radius 2 is 1.54 bits per heavy atom. The van der Waals surface area contributed by atoms with Gasteiger partial charge in [-0.15, -0.1) is 0 Å². The molecule has 1 rings (SSSR count). The third-order valence-electron chi connectivity index (χ3n) is 1.04. The molecular weight excluding hydrogens is 192 g/mol. The number of benzene rings is 1. The van der Waals surface area contributed by atoms with Crippen LogP contribution in [0.2, 0.25) is 0 Å². The van der Waals surface area contributed by atoms with Crippen LogP contribution in [0.3, 0.4) is 0 Å². The summed E-state index contributed by atoms with van der Waals surface area (Å²) in [4.78, 5) is -0.0741. The molecule has 0 aliphatic heterocycles. The van der Waals surface area contributed by atoms with Crippen molar-refractivity contribution >= 4 is 10.1 Å². The van der Waals surface area contributed by atoms with Crippen molar-refractivity contribution in [1.29, 1.82) is 0 Å². The van der Waals surface area contributed by atoms with E-state index in [1.807, 2.05) is 0 Å². The molecule has 0 aliphatic carbocycles. The van der Waals surface area contributed by atoms with E-state index >= 15 is 0 Å². The molecular formula is C8H12O4S. The van der Waals surface area contributed by atoms with Crippen LogP contribution in [0.1, 0.15) is 0 Å². The Bertz CT molecular complexity index is 317. The summed E-state index contributed by atoms with van der Waals surface area (Å²) in [6.45, 7) is 0. The maximum Gasteiger partial charge on any atom is 0.294 e. The average Bonchev–Trinajstić information content (AvgIpc) is 2.06. The SMILES string of the molecule is COC.O=S(=O)(O)c1ccccc1. The molecule has 0 radical (unpaired) electrons. The van der Waals surface area contributed by atoms with Gasteiger partial charge in [-0.25, -0.2) is 0 Å². The van der Waals surface area contributed by atoms with E-state index in [9.17, 15) is 8.42 Å². The Kier molecular flexibility index (Phi) is 5.29. The molecule has 0 saturated carbocycles. The Labute approximate surface area is 77.9 Å². The Balaban J connectivity index is 0.000000424. The topological polar surface area (TPSA) is 63.6 Å². The Hall–Kier alpha value is -0.910. The third-order valence-corrected chi connectivity index (χ3v) is 1.91. The first-order chi connectivity index (χ1) is 6.02. The third kappa shape index (κ3) is 5.35. The van der Waals surface area contributed by atoms with Crippen LogP contribution >= 0.6 is 0 Å². The molecule has 0 bridgehead atoms. The molecule has 0 spiro atoms. The van der Waals surface area contributed by atoms with Gasteiger partial charge in [0, 0.05) is 14.2 Å². The second kappa shape index (κ2) is 5.69. The lowest BCUT2D eigenvalue weighted by Crippen LogP contribution is -1.96. The fraction of sp³-hybridized carbons (Fsp3) is 0.250. The zero-order chi connectivity index (χ0) is 10.3. The lowest BCUT2D eigenvalue weighted by molar-refractivity contribution is 0.277. The van der Waals surface area contributed by atoms with Crippen molar-refractivity contribution in [3.8, 4) is 0 Å². The van der Waals surface area contributed by atoms with Crippen molar-refractivity contribution in [1.82, 2.24) is 0 Å². The van der Waals surface area contributed by atoms with Gasteiger partial charge in [-0.2, -0.15) is 8.42 Å². The van der Waals surface area contributed by atoms with E-state index in [0.717, 1.165) is 0 Å². The van der Waals surface area contributed by atoms with Crippen molar-refractivity contribution in [2.24, 2.45) is 0 Å². The van der Waals surface area contributed by atoms with E-state index in [2.05, 4.69) is 4.74 Å². The van der Waals surface area contributed by atoms with Crippen LogP contribution in [0, 0.1) is 0 Å². The second-order valence-corrected chi connectivity index (χ2v) is 3.62. The van der Waals surface area contributed by atoms with Crippen molar-refractivity contribution in [3.05, 3.63) is 30.3 Å². The molecule has 4 nitrogen and oxygen atoms in total. The van der Waals surface area contributed by atoms with Crippen LogP contribution in [0.4, 0.5) is 0 Å². The van der Waals surface area contributed by atoms with Crippen LogP contribution in [0.5, 0.6) is 0 Å². The molecule has 1 N–H and O–H groups in total. The van der Waals surface area contributed by atoms with Crippen molar-refractivity contribution in [3.63, 3.8) is 0 Å². The van der Waals surface area contributed by atoms with Crippen LogP contribution in [-0.4, -0.2) is 27.2 Å². The quantitative estimate of drug-likeness (QED) is 0.698. The zero-order valence-corrected chi connectivity index (χ0v) is 8.28. The first kappa shape index (κ1) is 12.1. The highest BCUT2D eigenvalue weighted by Crippen LogP contribution is 2.05. The zero-order valence-electron chi connectivity index (χ0n) is 7.47. The van der Waals surface area contributed by atoms with Gasteiger partial charge in [-0.3, -0.25) is 4.55 Å². The molecule has 0 heterocycles. The molecule has 1 aromatic rings. The molecule has 0 fully saturated rings. The maximum absolute atomic E-state index is 10.4. The molecule has 0 amide bonds. The van der Waals surface area contributed by atoms with Crippen molar-refractivity contribution < 1.29 is 17.7 Å². The summed E-state index contributed by atoms with van der Waals surface area (Å²) in [6.07, 6.45) is 0. The molecule has 0 unspecified atom stereocenters. The van der Waals surface area contributed by atoms with E-state index in [-0.39, 0.29) is 4.90 Å². The van der Waals surface area contributed by atoms with Gasteiger partial charge in [0.15, 0.2) is 0 Å². The monoisotopic (exact) mass is 204 g/mol. The highest BCUT2D eigenvalue weighted by Gasteiger charge is 2.05. The van der Waals surface area contributed by atoms with Gasteiger partial charge in [0.1, 0.15) is 0 Å². The van der Waals surface area contributed by atoms with Gasteiger partial charge in [-0.1, -0.05) is 18.2 Å². The smallest absolute Gasteiger partial charge is 0.294 e. The maximum atomic E-state index is 10.4. The minimum Gasteiger partial charge on any atom is -0.388 e. The molecule has 74 valence electrons. The van der Waals surface area contributed by atoms with Gasteiger partial charge in [0.2, 0.25) is 0 Å². The van der Waals surface area contributed by atoms with Gasteiger partial charge in [0.25, 0.3) is 10.1 Å². The number of hydrogen-bond acceptors (Lipinski definition) is 3. The van der Waals surface area contributed by atoms with Crippen molar-refractivity contribution in [2.75, 3.05) is 14.2 Å². The molecule has 1 aromatic carbocycles. The Morgan fingerprint density at radius 1 is 1.15 bits per heavy atom. The van der Waals surface area contributed by atoms with Crippen molar-refractivity contribution in [2.45, 2.75) is 4.90 Å². The summed E-state index contributed by atoms with van der Waals surface area (Å²) >= 11 is 0. The standard InChI is InChI=1S/C6H6O3S.C2H6O/c7-10(8,9)6-4-2-1-3-5-6;1-3-2/h1-5H,(H,7,8,9);1-2H3. The molecule has 0 atom stereocenters. The van der Waals surface area contributed by atoms with E-state index < -0.39 is 10.1 Å². The number of ether oxygens (including phenoxy) is 1. The lowest BCUT2D eigenvalue weighted by atomic mass is 10.4. The van der Waals surface area contributed by atoms with E-state index in [0.29, 0.717) is 0 Å². The summed E-state index contributed by atoms with van der Waals surface area (Å²) in [6, 6.07) is 7.42. The molecule has 5 heteroatoms. The average molecular weight is 204 g/mol. The fourth-order valence-electron chi connectivity index (χ4n) is 0.592. The van der Waals surface area contributed by atoms with E-state index in [1.165, 1.54) is 12.1 Å². The largest absolute Gasteiger partial charge is 0.388 e. The number of hydrogen-bond donors (Lipinski definition) is 1. The minimum absolute atomic E-state index is 0.0741. The summed E-state index contributed by atoms with van der Waals surface area (Å²) in [7, 11) is -0.753. The minimum atomic E-state index is -4.00. The number of methoxy groups -OCH3 is 1. The molecule has 13 heavy (non-hydrogen) atoms. The van der Waals surface area contributed by atoms with Crippen LogP contribution in [-0.2, 0) is 14.9 Å². The first-order valence-electron chi connectivity index (χ1n) is 3.45. The van der Waals surface area contributed by atoms with E-state index in [4.69, 9.17) is 4.55 Å². The van der Waals surface area contributed by atoms with Crippen LogP contribution in [0.15, 0.2) is 35.2 Å². The summed E-state index contributed by atoms with van der Waals surface area (Å²) in [5.74, 6) is 0. The predicted octanol–water partition coefficient (Wildman–Crippen LogP) is 1.20. The molecule has 0 saturated heterocycles. The normalized spacial score (nSPS) is 10.1. The van der Waals surface area contributed by atoms with Crippen LogP contribution < -0.4 is 0 Å². The highest BCUT2D eigenvalue weighted by atomic mass is 32.2. The highest BCUT2D eigenvalue weighted by molar-refractivity contribution is 7.85. The van der Waals surface area contributed by atoms with Gasteiger partial charge < -0.3 is 4.74 Å². The molecule has 0 aliphatic rings. The lowest BCUT2D eigenvalue weighted by Gasteiger charge is -1.92. The fourth-order valence-corrected chi connectivity index (χ4v) is 1.09. The summed E-state index contributed by atoms with van der Waals surface area (Å²) in [5.41, 5.74) is 0. The second-order valence-electron chi connectivity index (χ2n) is 2.20. The number of rotatable bonds is 1. The summed E-state index contributed by atoms with van der Waals surface area (Å²) < 4.78 is 33.5. The Morgan fingerprint density at radius 3 is 1.77 bits per heavy atom. The van der Waals surface area contributed by atoms with Gasteiger partial charge >= 0.3 is 0 Å². The van der Waals surface area contributed by atoms with Gasteiger partial charge in [0.05, 0.1) is 4.90 Å². The summed E-state index contributed by atoms with van der Waals surface area (Å²) in [5, 5.41) is 0.